The Kier molecular flexibility index (Phi) is 7.44. The third kappa shape index (κ3) is 5.21. The lowest BCUT2D eigenvalue weighted by atomic mass is 9.90. The van der Waals surface area contributed by atoms with Gasteiger partial charge in [-0.3, -0.25) is 0 Å². The van der Waals surface area contributed by atoms with Gasteiger partial charge in [-0.2, -0.15) is 0 Å². The normalized spacial score (nSPS) is 13.7. The molecule has 0 saturated heterocycles. The molecule has 4 rings (SSSR count). The maximum absolute atomic E-state index is 4.51. The Labute approximate surface area is 204 Å². The van der Waals surface area contributed by atoms with E-state index in [4.69, 9.17) is 0 Å². The van der Waals surface area contributed by atoms with E-state index in [2.05, 4.69) is 135 Å². The number of rotatable bonds is 7. The van der Waals surface area contributed by atoms with E-state index < -0.39 is 0 Å². The van der Waals surface area contributed by atoms with Gasteiger partial charge in [-0.15, -0.1) is 0 Å². The maximum Gasteiger partial charge on any atom is 0.0458 e. The van der Waals surface area contributed by atoms with Gasteiger partial charge in [0.05, 0.1) is 0 Å². The van der Waals surface area contributed by atoms with Crippen LogP contribution < -0.4 is 4.90 Å². The van der Waals surface area contributed by atoms with Crippen LogP contribution in [-0.2, 0) is 0 Å². The number of aryl methyl sites for hydroxylation is 2. The quantitative estimate of drug-likeness (QED) is 0.329. The number of para-hydroxylation sites is 1. The highest BCUT2D eigenvalue weighted by atomic mass is 15.1. The van der Waals surface area contributed by atoms with Gasteiger partial charge in [-0.25, -0.2) is 0 Å². The standard InChI is InChI=1S/C33H33N/c1-5-6-17-32(27(4)33-24-25(2)18-19-26(33)3)28-20-22-31(23-21-28)34(29-13-9-7-10-14-29)30-15-11-8-12-16-30/h5-11,13-15,17-24H,4,12,16H2,1-3H3/b6-5-,32-17+. The Bertz CT molecular complexity index is 1270. The van der Waals surface area contributed by atoms with Gasteiger partial charge in [-0.05, 0) is 91.8 Å². The second-order valence-corrected chi connectivity index (χ2v) is 8.75. The molecule has 0 saturated carbocycles. The molecule has 0 aliphatic heterocycles. The van der Waals surface area contributed by atoms with Crippen molar-refractivity contribution < 1.29 is 0 Å². The van der Waals surface area contributed by atoms with Crippen molar-refractivity contribution in [1.29, 1.82) is 0 Å². The smallest absolute Gasteiger partial charge is 0.0458 e. The largest absolute Gasteiger partial charge is 0.314 e. The minimum atomic E-state index is 1.03. The first kappa shape index (κ1) is 23.3. The summed E-state index contributed by atoms with van der Waals surface area (Å²) in [6.45, 7) is 10.8. The predicted octanol–water partition coefficient (Wildman–Crippen LogP) is 9.35. The molecule has 170 valence electrons. The molecule has 0 fully saturated rings. The van der Waals surface area contributed by atoms with Crippen LogP contribution in [0.3, 0.4) is 0 Å². The summed E-state index contributed by atoms with van der Waals surface area (Å²) < 4.78 is 0. The predicted molar refractivity (Wildman–Crippen MR) is 149 cm³/mol. The zero-order valence-corrected chi connectivity index (χ0v) is 20.5. The summed E-state index contributed by atoms with van der Waals surface area (Å²) in [5.74, 6) is 0. The minimum absolute atomic E-state index is 1.03. The van der Waals surface area contributed by atoms with Gasteiger partial charge in [0.25, 0.3) is 0 Å². The fourth-order valence-corrected chi connectivity index (χ4v) is 4.39. The van der Waals surface area contributed by atoms with Crippen molar-refractivity contribution >= 4 is 22.5 Å². The van der Waals surface area contributed by atoms with Crippen LogP contribution in [-0.4, -0.2) is 0 Å². The summed E-state index contributed by atoms with van der Waals surface area (Å²) in [7, 11) is 0. The Morgan fingerprint density at radius 3 is 2.32 bits per heavy atom. The van der Waals surface area contributed by atoms with Gasteiger partial charge in [0.1, 0.15) is 0 Å². The topological polar surface area (TPSA) is 3.24 Å². The Morgan fingerprint density at radius 1 is 0.912 bits per heavy atom. The molecule has 0 N–H and O–H groups in total. The highest BCUT2D eigenvalue weighted by molar-refractivity contribution is 6.05. The molecular formula is C33H33N. The summed E-state index contributed by atoms with van der Waals surface area (Å²) in [6, 6.07) is 26.1. The molecule has 1 aliphatic carbocycles. The van der Waals surface area contributed by atoms with Gasteiger partial charge in [0.15, 0.2) is 0 Å². The summed E-state index contributed by atoms with van der Waals surface area (Å²) in [4.78, 5) is 2.36. The van der Waals surface area contributed by atoms with E-state index in [1.807, 2.05) is 6.92 Å². The van der Waals surface area contributed by atoms with E-state index in [1.54, 1.807) is 0 Å². The fourth-order valence-electron chi connectivity index (χ4n) is 4.39. The van der Waals surface area contributed by atoms with Crippen LogP contribution in [0.2, 0.25) is 0 Å². The maximum atomic E-state index is 4.51. The van der Waals surface area contributed by atoms with Crippen molar-refractivity contribution in [2.24, 2.45) is 0 Å². The number of hydrogen-bond acceptors (Lipinski definition) is 1. The van der Waals surface area contributed by atoms with Crippen LogP contribution in [0.1, 0.15) is 42.0 Å². The van der Waals surface area contributed by atoms with Crippen LogP contribution in [0.4, 0.5) is 11.4 Å². The number of anilines is 2. The number of allylic oxidation sites excluding steroid dienone is 9. The lowest BCUT2D eigenvalue weighted by molar-refractivity contribution is 0.917. The van der Waals surface area contributed by atoms with Crippen molar-refractivity contribution in [2.45, 2.75) is 33.6 Å². The monoisotopic (exact) mass is 443 g/mol. The molecule has 0 radical (unpaired) electrons. The summed E-state index contributed by atoms with van der Waals surface area (Å²) >= 11 is 0. The number of hydrogen-bond donors (Lipinski definition) is 0. The first-order valence-corrected chi connectivity index (χ1v) is 12.0. The number of nitrogens with zero attached hydrogens (tertiary/aromatic N) is 1. The Morgan fingerprint density at radius 2 is 1.65 bits per heavy atom. The molecule has 34 heavy (non-hydrogen) atoms. The van der Waals surface area contributed by atoms with E-state index in [0.717, 1.165) is 24.0 Å². The van der Waals surface area contributed by atoms with Crippen molar-refractivity contribution in [3.8, 4) is 0 Å². The number of benzene rings is 3. The molecule has 1 aliphatic rings. The third-order valence-electron chi connectivity index (χ3n) is 6.23. The highest BCUT2D eigenvalue weighted by Gasteiger charge is 2.16. The second-order valence-electron chi connectivity index (χ2n) is 8.75. The minimum Gasteiger partial charge on any atom is -0.314 e. The van der Waals surface area contributed by atoms with Gasteiger partial charge >= 0.3 is 0 Å². The molecule has 1 nitrogen and oxygen atoms in total. The zero-order valence-electron chi connectivity index (χ0n) is 20.5. The average molecular weight is 444 g/mol. The van der Waals surface area contributed by atoms with Gasteiger partial charge in [0, 0.05) is 17.1 Å². The van der Waals surface area contributed by atoms with Crippen molar-refractivity contribution in [2.75, 3.05) is 4.90 Å². The summed E-state index contributed by atoms with van der Waals surface area (Å²) in [6.07, 6.45) is 15.0. The Balaban J connectivity index is 1.73. The van der Waals surface area contributed by atoms with E-state index >= 15 is 0 Å². The molecule has 0 bridgehead atoms. The van der Waals surface area contributed by atoms with Crippen LogP contribution in [0.5, 0.6) is 0 Å². The first-order chi connectivity index (χ1) is 16.6. The zero-order chi connectivity index (χ0) is 23.9. The van der Waals surface area contributed by atoms with Crippen LogP contribution in [0.25, 0.3) is 11.1 Å². The van der Waals surface area contributed by atoms with E-state index in [-0.39, 0.29) is 0 Å². The molecule has 3 aromatic rings. The molecule has 1 heteroatoms. The van der Waals surface area contributed by atoms with E-state index in [9.17, 15) is 0 Å². The summed E-state index contributed by atoms with van der Waals surface area (Å²) in [5, 5.41) is 0. The SMILES string of the molecule is C=C(/C(=C\C=C/C)c1ccc(N(C2=CC=CCC2)c2ccccc2)cc1)c1cc(C)ccc1C. The van der Waals surface area contributed by atoms with Crippen LogP contribution in [0, 0.1) is 13.8 Å². The second kappa shape index (κ2) is 10.9. The van der Waals surface area contributed by atoms with Crippen molar-refractivity contribution in [3.05, 3.63) is 144 Å². The van der Waals surface area contributed by atoms with Crippen molar-refractivity contribution in [3.63, 3.8) is 0 Å². The van der Waals surface area contributed by atoms with Gasteiger partial charge in [0.2, 0.25) is 0 Å². The van der Waals surface area contributed by atoms with E-state index in [0.29, 0.717) is 0 Å². The van der Waals surface area contributed by atoms with Crippen molar-refractivity contribution in [1.82, 2.24) is 0 Å². The average Bonchev–Trinajstić information content (AvgIpc) is 2.88. The van der Waals surface area contributed by atoms with Gasteiger partial charge < -0.3 is 4.90 Å². The van der Waals surface area contributed by atoms with E-state index in [1.165, 1.54) is 39.3 Å². The molecule has 0 heterocycles. The first-order valence-electron chi connectivity index (χ1n) is 12.0. The molecule has 0 aromatic heterocycles. The molecule has 0 atom stereocenters. The molecule has 0 spiro atoms. The molecular weight excluding hydrogens is 410 g/mol. The fraction of sp³-hybridized carbons (Fsp3) is 0.152. The lowest BCUT2D eigenvalue weighted by Gasteiger charge is -2.29. The summed E-state index contributed by atoms with van der Waals surface area (Å²) in [5.41, 5.74) is 10.7. The van der Waals surface area contributed by atoms with Crippen LogP contribution >= 0.6 is 0 Å². The third-order valence-corrected chi connectivity index (χ3v) is 6.23. The Hall–Kier alpha value is -3.84. The lowest BCUT2D eigenvalue weighted by Crippen LogP contribution is -2.17. The van der Waals surface area contributed by atoms with Gasteiger partial charge in [-0.1, -0.05) is 91.1 Å². The molecule has 0 amide bonds. The molecule has 0 unspecified atom stereocenters. The highest BCUT2D eigenvalue weighted by Crippen LogP contribution is 2.36. The molecule has 3 aromatic carbocycles. The van der Waals surface area contributed by atoms with Crippen LogP contribution in [0.15, 0.2) is 122 Å².